The van der Waals surface area contributed by atoms with Crippen LogP contribution in [0.4, 0.5) is 0 Å². The molecule has 0 N–H and O–H groups in total. The summed E-state index contributed by atoms with van der Waals surface area (Å²) in [6.45, 7) is 6.41. The zero-order valence-electron chi connectivity index (χ0n) is 9.82. The van der Waals surface area contributed by atoms with Gasteiger partial charge < -0.3 is 4.74 Å². The third-order valence-corrected chi connectivity index (χ3v) is 4.71. The Bertz CT molecular complexity index is 415. The van der Waals surface area contributed by atoms with Crippen molar-refractivity contribution < 1.29 is 14.3 Å². The fourth-order valence-corrected chi connectivity index (χ4v) is 3.79. The van der Waals surface area contributed by atoms with Gasteiger partial charge in [-0.1, -0.05) is 32.9 Å². The van der Waals surface area contributed by atoms with E-state index in [4.69, 9.17) is 4.74 Å². The smallest absolute Gasteiger partial charge is 0.318 e. The predicted molar refractivity (Wildman–Crippen MR) is 57.2 cm³/mol. The first kappa shape index (κ1) is 10.1. The van der Waals surface area contributed by atoms with Crippen molar-refractivity contribution in [1.29, 1.82) is 0 Å². The summed E-state index contributed by atoms with van der Waals surface area (Å²) in [5.74, 6) is -0.859. The topological polar surface area (TPSA) is 43.4 Å². The van der Waals surface area contributed by atoms with E-state index in [9.17, 15) is 9.59 Å². The molecule has 1 saturated heterocycles. The highest BCUT2D eigenvalue weighted by atomic mass is 16.6. The number of fused-ring (bicyclic) bond motifs is 5. The Balaban J connectivity index is 2.14. The van der Waals surface area contributed by atoms with Gasteiger partial charge in [-0.15, -0.1) is 0 Å². The minimum Gasteiger partial charge on any atom is -0.393 e. The van der Waals surface area contributed by atoms with Crippen molar-refractivity contribution in [2.45, 2.75) is 27.2 Å². The van der Waals surface area contributed by atoms with Crippen molar-refractivity contribution >= 4 is 11.9 Å². The minimum absolute atomic E-state index is 0.0126. The molecule has 0 spiro atoms. The molecule has 1 heterocycles. The predicted octanol–water partition coefficient (Wildman–Crippen LogP) is 1.92. The number of allylic oxidation sites excluding steroid dienone is 2. The Labute approximate surface area is 94.8 Å². The number of carbonyl (C=O) groups is 2. The molecule has 2 fully saturated rings. The Hall–Kier alpha value is -1.12. The lowest BCUT2D eigenvalue weighted by molar-refractivity contribution is -0.156. The number of ether oxygens (including phenoxy) is 1. The van der Waals surface area contributed by atoms with Gasteiger partial charge in [-0.2, -0.15) is 0 Å². The van der Waals surface area contributed by atoms with Gasteiger partial charge in [-0.05, 0) is 17.8 Å². The maximum absolute atomic E-state index is 11.8. The monoisotopic (exact) mass is 220 g/mol. The molecule has 4 atom stereocenters. The maximum atomic E-state index is 11.8. The highest BCUT2D eigenvalue weighted by Crippen LogP contribution is 2.66. The van der Waals surface area contributed by atoms with Gasteiger partial charge in [0.1, 0.15) is 0 Å². The van der Waals surface area contributed by atoms with E-state index in [1.807, 2.05) is 0 Å². The summed E-state index contributed by atoms with van der Waals surface area (Å²) in [5, 5.41) is 0. The Morgan fingerprint density at radius 3 is 2.62 bits per heavy atom. The van der Waals surface area contributed by atoms with Crippen LogP contribution in [0, 0.1) is 28.6 Å². The zero-order valence-corrected chi connectivity index (χ0v) is 9.82. The second-order valence-corrected chi connectivity index (χ2v) is 6.26. The second kappa shape index (κ2) is 2.58. The van der Waals surface area contributed by atoms with Crippen LogP contribution in [0.2, 0.25) is 0 Å². The lowest BCUT2D eigenvalue weighted by atomic mass is 9.60. The summed E-state index contributed by atoms with van der Waals surface area (Å²) >= 11 is 0. The van der Waals surface area contributed by atoms with Crippen LogP contribution in [0.15, 0.2) is 12.2 Å². The number of hydrogen-bond donors (Lipinski definition) is 0. The van der Waals surface area contributed by atoms with E-state index in [0.717, 1.165) is 6.42 Å². The first-order valence-corrected chi connectivity index (χ1v) is 5.82. The fourth-order valence-electron chi connectivity index (χ4n) is 3.79. The normalized spacial score (nSPS) is 45.1. The molecule has 3 rings (SSSR count). The third kappa shape index (κ3) is 0.902. The number of hydrogen-bond acceptors (Lipinski definition) is 3. The molecular weight excluding hydrogens is 204 g/mol. The number of cyclic esters (lactones) is 2. The van der Waals surface area contributed by atoms with Crippen LogP contribution in [0.1, 0.15) is 27.2 Å². The van der Waals surface area contributed by atoms with Crippen LogP contribution in [-0.2, 0) is 14.3 Å². The van der Waals surface area contributed by atoms with E-state index in [0.29, 0.717) is 0 Å². The van der Waals surface area contributed by atoms with Gasteiger partial charge in [0.25, 0.3) is 0 Å². The third-order valence-electron chi connectivity index (χ3n) is 4.71. The highest BCUT2D eigenvalue weighted by Gasteiger charge is 2.68. The molecule has 16 heavy (non-hydrogen) atoms. The van der Waals surface area contributed by atoms with Crippen molar-refractivity contribution in [3.63, 3.8) is 0 Å². The molecule has 0 aromatic heterocycles. The average Bonchev–Trinajstić information content (AvgIpc) is 2.76. The zero-order chi connectivity index (χ0) is 11.7. The Kier molecular flexibility index (Phi) is 1.62. The lowest BCUT2D eigenvalue weighted by Gasteiger charge is -2.41. The highest BCUT2D eigenvalue weighted by molar-refractivity contribution is 5.98. The number of carbonyl (C=O) groups excluding carboxylic acids is 2. The molecule has 2 aliphatic carbocycles. The van der Waals surface area contributed by atoms with E-state index in [1.54, 1.807) is 0 Å². The van der Waals surface area contributed by atoms with Crippen molar-refractivity contribution in [2.75, 3.05) is 0 Å². The molecule has 0 aromatic rings. The molecule has 0 radical (unpaired) electrons. The SMILES string of the molecule is CC(C)(C)C12C=CC(C1)C1C(=O)OC(=O)C12. The summed E-state index contributed by atoms with van der Waals surface area (Å²) in [6, 6.07) is 0. The van der Waals surface area contributed by atoms with Crippen molar-refractivity contribution in [3.8, 4) is 0 Å². The van der Waals surface area contributed by atoms with Gasteiger partial charge in [0.2, 0.25) is 0 Å². The molecule has 3 nitrogen and oxygen atoms in total. The summed E-state index contributed by atoms with van der Waals surface area (Å²) in [7, 11) is 0. The van der Waals surface area contributed by atoms with E-state index < -0.39 is 0 Å². The molecule has 0 aromatic carbocycles. The maximum Gasteiger partial charge on any atom is 0.318 e. The first-order valence-electron chi connectivity index (χ1n) is 5.82. The van der Waals surface area contributed by atoms with Gasteiger partial charge in [-0.3, -0.25) is 9.59 Å². The van der Waals surface area contributed by atoms with Gasteiger partial charge >= 0.3 is 11.9 Å². The van der Waals surface area contributed by atoms with Gasteiger partial charge in [0.05, 0.1) is 11.8 Å². The van der Waals surface area contributed by atoms with Crippen molar-refractivity contribution in [3.05, 3.63) is 12.2 Å². The number of rotatable bonds is 0. The molecular formula is C13H16O3. The molecule has 3 aliphatic rings. The molecule has 4 unspecified atom stereocenters. The standard InChI is InChI=1S/C13H16O3/c1-12(2,3)13-5-4-7(6-13)8-9(13)11(15)16-10(8)14/h4-5,7-9H,6H2,1-3H3. The van der Waals surface area contributed by atoms with Crippen LogP contribution in [-0.4, -0.2) is 11.9 Å². The Morgan fingerprint density at radius 1 is 1.31 bits per heavy atom. The molecule has 2 bridgehead atoms. The first-order chi connectivity index (χ1) is 7.37. The molecule has 1 aliphatic heterocycles. The van der Waals surface area contributed by atoms with Gasteiger partial charge in [0, 0.05) is 5.41 Å². The summed E-state index contributed by atoms with van der Waals surface area (Å²) in [4.78, 5) is 23.5. The van der Waals surface area contributed by atoms with E-state index in [2.05, 4.69) is 32.9 Å². The molecule has 3 heteroatoms. The summed E-state index contributed by atoms with van der Waals surface area (Å²) in [5.41, 5.74) is -0.188. The lowest BCUT2D eigenvalue weighted by Crippen LogP contribution is -2.41. The van der Waals surface area contributed by atoms with Gasteiger partial charge in [-0.25, -0.2) is 0 Å². The molecule has 1 saturated carbocycles. The molecule has 0 amide bonds. The number of esters is 2. The summed E-state index contributed by atoms with van der Waals surface area (Å²) in [6.07, 6.45) is 5.18. The van der Waals surface area contributed by atoms with Crippen LogP contribution in [0.5, 0.6) is 0 Å². The van der Waals surface area contributed by atoms with E-state index in [1.165, 1.54) is 0 Å². The van der Waals surface area contributed by atoms with E-state index >= 15 is 0 Å². The summed E-state index contributed by atoms with van der Waals surface area (Å²) < 4.78 is 4.81. The largest absolute Gasteiger partial charge is 0.393 e. The van der Waals surface area contributed by atoms with Gasteiger partial charge in [0.15, 0.2) is 0 Å². The van der Waals surface area contributed by atoms with Crippen LogP contribution in [0.3, 0.4) is 0 Å². The van der Waals surface area contributed by atoms with Crippen LogP contribution in [0.25, 0.3) is 0 Å². The van der Waals surface area contributed by atoms with Crippen molar-refractivity contribution in [2.24, 2.45) is 28.6 Å². The fraction of sp³-hybridized carbons (Fsp3) is 0.692. The van der Waals surface area contributed by atoms with Crippen LogP contribution < -0.4 is 0 Å². The van der Waals surface area contributed by atoms with Crippen LogP contribution >= 0.6 is 0 Å². The second-order valence-electron chi connectivity index (χ2n) is 6.26. The molecule has 86 valence electrons. The van der Waals surface area contributed by atoms with E-state index in [-0.39, 0.29) is 40.5 Å². The quantitative estimate of drug-likeness (QED) is 0.356. The minimum atomic E-state index is -0.310. The average molecular weight is 220 g/mol. The van der Waals surface area contributed by atoms with Crippen molar-refractivity contribution in [1.82, 2.24) is 0 Å². The Morgan fingerprint density at radius 2 is 2.00 bits per heavy atom.